The number of nitrogens with one attached hydrogen (secondary N) is 2. The Morgan fingerprint density at radius 1 is 1.24 bits per heavy atom. The van der Waals surface area contributed by atoms with Crippen LogP contribution in [0.25, 0.3) is 0 Å². The molecular weight excluding hydrogens is 436 g/mol. The molecule has 1 aliphatic rings. The minimum atomic E-state index is -0.132. The van der Waals surface area contributed by atoms with Gasteiger partial charge in [0.15, 0.2) is 5.16 Å². The number of aryl methyl sites for hydroxylation is 2. The molecule has 1 aromatic heterocycles. The van der Waals surface area contributed by atoms with Gasteiger partial charge in [-0.15, -0.1) is 0 Å². The highest BCUT2D eigenvalue weighted by atomic mass is 32.2. The Labute approximate surface area is 197 Å². The fourth-order valence-corrected chi connectivity index (χ4v) is 4.56. The Bertz CT molecular complexity index is 1220. The van der Waals surface area contributed by atoms with Gasteiger partial charge in [0.25, 0.3) is 5.56 Å². The van der Waals surface area contributed by atoms with Crippen LogP contribution in [0.5, 0.6) is 5.75 Å². The van der Waals surface area contributed by atoms with Crippen molar-refractivity contribution in [2.75, 3.05) is 24.7 Å². The van der Waals surface area contributed by atoms with Gasteiger partial charge in [-0.05, 0) is 48.7 Å². The summed E-state index contributed by atoms with van der Waals surface area (Å²) in [4.78, 5) is 34.9. The summed E-state index contributed by atoms with van der Waals surface area (Å²) in [6, 6.07) is 13.9. The zero-order chi connectivity index (χ0) is 23.4. The average Bonchev–Trinajstić information content (AvgIpc) is 2.80. The van der Waals surface area contributed by atoms with Crippen molar-refractivity contribution in [2.24, 2.45) is 0 Å². The van der Waals surface area contributed by atoms with Crippen LogP contribution in [0, 0.1) is 13.8 Å². The molecule has 33 heavy (non-hydrogen) atoms. The third-order valence-corrected chi connectivity index (χ3v) is 6.55. The van der Waals surface area contributed by atoms with E-state index in [-0.39, 0.29) is 17.2 Å². The number of carbonyl (C=O) groups excluding carboxylic acids is 1. The summed E-state index contributed by atoms with van der Waals surface area (Å²) >= 11 is 1.25. The molecule has 0 saturated heterocycles. The maximum absolute atomic E-state index is 12.7. The number of methoxy groups -OCH3 is 1. The molecule has 0 aliphatic carbocycles. The third kappa shape index (κ3) is 5.83. The quantitative estimate of drug-likeness (QED) is 0.410. The van der Waals surface area contributed by atoms with Crippen molar-refractivity contribution in [3.63, 3.8) is 0 Å². The number of aromatic amines is 1. The predicted molar refractivity (Wildman–Crippen MR) is 131 cm³/mol. The number of hydrogen-bond donors (Lipinski definition) is 2. The van der Waals surface area contributed by atoms with Gasteiger partial charge in [0, 0.05) is 31.7 Å². The molecule has 2 aromatic carbocycles. The molecule has 0 atom stereocenters. The number of fused-ring (bicyclic) bond motifs is 1. The van der Waals surface area contributed by atoms with E-state index in [0.29, 0.717) is 23.7 Å². The molecule has 1 amide bonds. The van der Waals surface area contributed by atoms with Gasteiger partial charge >= 0.3 is 0 Å². The van der Waals surface area contributed by atoms with Crippen molar-refractivity contribution in [2.45, 2.75) is 38.5 Å². The molecule has 2 heterocycles. The summed E-state index contributed by atoms with van der Waals surface area (Å²) < 4.78 is 5.30. The molecule has 7 nitrogen and oxygen atoms in total. The molecule has 0 radical (unpaired) electrons. The van der Waals surface area contributed by atoms with Crippen LogP contribution in [0.4, 0.5) is 5.69 Å². The molecule has 172 valence electrons. The second kappa shape index (κ2) is 10.2. The zero-order valence-electron chi connectivity index (χ0n) is 19.1. The van der Waals surface area contributed by atoms with Gasteiger partial charge in [-0.1, -0.05) is 36.0 Å². The van der Waals surface area contributed by atoms with Crippen molar-refractivity contribution in [3.05, 3.63) is 80.8 Å². The van der Waals surface area contributed by atoms with Gasteiger partial charge in [-0.3, -0.25) is 14.5 Å². The van der Waals surface area contributed by atoms with Crippen molar-refractivity contribution in [1.82, 2.24) is 14.9 Å². The summed E-state index contributed by atoms with van der Waals surface area (Å²) in [7, 11) is 1.66. The van der Waals surface area contributed by atoms with Crippen molar-refractivity contribution >= 4 is 23.4 Å². The highest BCUT2D eigenvalue weighted by Gasteiger charge is 2.22. The fraction of sp³-hybridized carbons (Fsp3) is 0.320. The van der Waals surface area contributed by atoms with Gasteiger partial charge in [0.2, 0.25) is 5.91 Å². The van der Waals surface area contributed by atoms with Gasteiger partial charge in [0.1, 0.15) is 5.75 Å². The Hall–Kier alpha value is -3.10. The van der Waals surface area contributed by atoms with Crippen molar-refractivity contribution in [3.8, 4) is 5.75 Å². The van der Waals surface area contributed by atoms with Crippen LogP contribution in [0.2, 0.25) is 0 Å². The zero-order valence-corrected chi connectivity index (χ0v) is 19.9. The number of nitrogens with zero attached hydrogens (tertiary/aromatic N) is 2. The second-order valence-corrected chi connectivity index (χ2v) is 9.23. The summed E-state index contributed by atoms with van der Waals surface area (Å²) in [6.07, 6.45) is 0.700. The van der Waals surface area contributed by atoms with Gasteiger partial charge in [-0.2, -0.15) is 0 Å². The lowest BCUT2D eigenvalue weighted by Gasteiger charge is -2.27. The second-order valence-electron chi connectivity index (χ2n) is 8.26. The molecule has 0 bridgehead atoms. The number of anilines is 1. The number of rotatable bonds is 7. The maximum Gasteiger partial charge on any atom is 0.256 e. The standard InChI is InChI=1S/C25H28N4O3S/c1-16-7-8-17(2)22(11-16)26-23(30)15-33-25-27-21-9-10-29(14-20(21)24(31)28-25)13-18-5-4-6-19(12-18)32-3/h4-8,11-12H,9-10,13-15H2,1-3H3,(H,26,30)(H,27,28,31). The van der Waals surface area contributed by atoms with E-state index in [1.165, 1.54) is 11.8 Å². The van der Waals surface area contributed by atoms with Gasteiger partial charge < -0.3 is 15.0 Å². The number of aromatic nitrogens is 2. The van der Waals surface area contributed by atoms with E-state index in [9.17, 15) is 9.59 Å². The van der Waals surface area contributed by atoms with Crippen LogP contribution in [0.3, 0.4) is 0 Å². The van der Waals surface area contributed by atoms with E-state index >= 15 is 0 Å². The number of amides is 1. The third-order valence-electron chi connectivity index (χ3n) is 5.67. The largest absolute Gasteiger partial charge is 0.497 e. The molecular formula is C25H28N4O3S. The number of hydrogen-bond acceptors (Lipinski definition) is 6. The minimum absolute atomic E-state index is 0.126. The van der Waals surface area contributed by atoms with Crippen molar-refractivity contribution < 1.29 is 9.53 Å². The lowest BCUT2D eigenvalue weighted by molar-refractivity contribution is -0.113. The van der Waals surface area contributed by atoms with Gasteiger partial charge in [0.05, 0.1) is 24.1 Å². The molecule has 1 aliphatic heterocycles. The minimum Gasteiger partial charge on any atom is -0.497 e. The molecule has 8 heteroatoms. The summed E-state index contributed by atoms with van der Waals surface area (Å²) in [5.41, 5.74) is 5.44. The number of benzene rings is 2. The Kier molecular flexibility index (Phi) is 7.15. The Morgan fingerprint density at radius 2 is 2.09 bits per heavy atom. The Balaban J connectivity index is 1.38. The molecule has 2 N–H and O–H groups in total. The summed E-state index contributed by atoms with van der Waals surface area (Å²) in [6.45, 7) is 6.06. The predicted octanol–water partition coefficient (Wildman–Crippen LogP) is 3.68. The van der Waals surface area contributed by atoms with Crippen LogP contribution in [0.1, 0.15) is 27.9 Å². The summed E-state index contributed by atoms with van der Waals surface area (Å²) in [5.74, 6) is 0.878. The highest BCUT2D eigenvalue weighted by Crippen LogP contribution is 2.22. The molecule has 0 spiro atoms. The molecule has 4 rings (SSSR count). The fourth-order valence-electron chi connectivity index (χ4n) is 3.88. The summed E-state index contributed by atoms with van der Waals surface area (Å²) in [5, 5.41) is 3.42. The van der Waals surface area contributed by atoms with E-state index in [4.69, 9.17) is 4.74 Å². The molecule has 0 fully saturated rings. The van der Waals surface area contributed by atoms with E-state index in [1.807, 2.05) is 50.2 Å². The lowest BCUT2D eigenvalue weighted by atomic mass is 10.1. The number of thioether (sulfide) groups is 1. The first-order chi connectivity index (χ1) is 15.9. The first-order valence-corrected chi connectivity index (χ1v) is 11.9. The number of H-pyrrole nitrogens is 1. The van der Waals surface area contributed by atoms with Crippen LogP contribution in [-0.4, -0.2) is 40.2 Å². The van der Waals surface area contributed by atoms with Crippen LogP contribution in [-0.2, 0) is 24.3 Å². The van der Waals surface area contributed by atoms with Crippen LogP contribution in [0.15, 0.2) is 52.4 Å². The van der Waals surface area contributed by atoms with Crippen molar-refractivity contribution in [1.29, 1.82) is 0 Å². The number of ether oxygens (including phenoxy) is 1. The van der Waals surface area contributed by atoms with E-state index in [0.717, 1.165) is 46.9 Å². The number of carbonyl (C=O) groups is 1. The van der Waals surface area contributed by atoms with E-state index < -0.39 is 0 Å². The maximum atomic E-state index is 12.7. The highest BCUT2D eigenvalue weighted by molar-refractivity contribution is 7.99. The molecule has 0 saturated carbocycles. The SMILES string of the molecule is COc1cccc(CN2CCc3nc(SCC(=O)Nc4cc(C)ccc4C)[nH]c(=O)c3C2)c1. The van der Waals surface area contributed by atoms with Crippen LogP contribution >= 0.6 is 11.8 Å². The molecule has 3 aromatic rings. The normalized spacial score (nSPS) is 13.4. The topological polar surface area (TPSA) is 87.3 Å². The van der Waals surface area contributed by atoms with Gasteiger partial charge in [-0.25, -0.2) is 4.98 Å². The lowest BCUT2D eigenvalue weighted by Crippen LogP contribution is -2.35. The monoisotopic (exact) mass is 464 g/mol. The van der Waals surface area contributed by atoms with E-state index in [1.54, 1.807) is 7.11 Å². The van der Waals surface area contributed by atoms with E-state index in [2.05, 4.69) is 26.3 Å². The smallest absolute Gasteiger partial charge is 0.256 e. The average molecular weight is 465 g/mol. The van der Waals surface area contributed by atoms with Crippen LogP contribution < -0.4 is 15.6 Å². The first-order valence-electron chi connectivity index (χ1n) is 10.9. The Morgan fingerprint density at radius 3 is 2.91 bits per heavy atom. The first kappa shape index (κ1) is 23.1. The molecule has 0 unspecified atom stereocenters.